The lowest BCUT2D eigenvalue weighted by molar-refractivity contribution is -0.151. The lowest BCUT2D eigenvalue weighted by Gasteiger charge is -2.31. The van der Waals surface area contributed by atoms with Gasteiger partial charge < -0.3 is 14.5 Å². The number of hydrogen-bond donors (Lipinski definition) is 0. The molecule has 1 aliphatic carbocycles. The van der Waals surface area contributed by atoms with Crippen LogP contribution in [0.3, 0.4) is 0 Å². The van der Waals surface area contributed by atoms with Crippen LogP contribution in [0.15, 0.2) is 48.5 Å². The van der Waals surface area contributed by atoms with Crippen molar-refractivity contribution in [3.8, 4) is 0 Å². The molecule has 0 bridgehead atoms. The molecule has 6 nitrogen and oxygen atoms in total. The molecule has 6 heteroatoms. The van der Waals surface area contributed by atoms with Crippen LogP contribution in [0.4, 0.5) is 5.69 Å². The van der Waals surface area contributed by atoms with Gasteiger partial charge in [0.15, 0.2) is 0 Å². The maximum Gasteiger partial charge on any atom is 0.310 e. The van der Waals surface area contributed by atoms with E-state index >= 15 is 0 Å². The van der Waals surface area contributed by atoms with E-state index in [0.717, 1.165) is 42.5 Å². The lowest BCUT2D eigenvalue weighted by atomic mass is 9.97. The maximum atomic E-state index is 13.0. The van der Waals surface area contributed by atoms with Gasteiger partial charge in [-0.05, 0) is 62.8 Å². The smallest absolute Gasteiger partial charge is 0.310 e. The van der Waals surface area contributed by atoms with Crippen LogP contribution >= 0.6 is 0 Å². The number of likely N-dealkylation sites (tertiary alicyclic amines) is 1. The predicted molar refractivity (Wildman–Crippen MR) is 131 cm³/mol. The highest BCUT2D eigenvalue weighted by Gasteiger charge is 2.34. The minimum Gasteiger partial charge on any atom is -0.466 e. The minimum absolute atomic E-state index is 0.0207. The van der Waals surface area contributed by atoms with E-state index in [9.17, 15) is 14.4 Å². The molecule has 2 aliphatic rings. The van der Waals surface area contributed by atoms with Crippen LogP contribution in [0.5, 0.6) is 0 Å². The summed E-state index contributed by atoms with van der Waals surface area (Å²) in [6.45, 7) is 5.85. The Labute approximate surface area is 201 Å². The molecule has 1 atom stereocenters. The van der Waals surface area contributed by atoms with E-state index in [-0.39, 0.29) is 36.0 Å². The fourth-order valence-corrected chi connectivity index (χ4v) is 4.46. The Hall–Kier alpha value is -3.15. The number of hydrogen-bond acceptors (Lipinski definition) is 4. The molecular formula is C28H34N2O4. The molecular weight excluding hydrogens is 428 g/mol. The van der Waals surface area contributed by atoms with E-state index in [1.807, 2.05) is 29.2 Å². The average Bonchev–Trinajstić information content (AvgIpc) is 3.70. The summed E-state index contributed by atoms with van der Waals surface area (Å²) in [5, 5.41) is 0. The molecule has 2 aromatic carbocycles. The van der Waals surface area contributed by atoms with Crippen molar-refractivity contribution in [2.24, 2.45) is 11.8 Å². The van der Waals surface area contributed by atoms with E-state index in [0.29, 0.717) is 26.2 Å². The first-order chi connectivity index (χ1) is 16.4. The zero-order chi connectivity index (χ0) is 24.1. The Kier molecular flexibility index (Phi) is 7.66. The quantitative estimate of drug-likeness (QED) is 0.549. The third kappa shape index (κ3) is 6.04. The Balaban J connectivity index is 1.41. The van der Waals surface area contributed by atoms with E-state index in [1.54, 1.807) is 11.8 Å². The summed E-state index contributed by atoms with van der Waals surface area (Å²) in [5.74, 6) is -0.129. The highest BCUT2D eigenvalue weighted by Crippen LogP contribution is 2.33. The minimum atomic E-state index is -0.233. The van der Waals surface area contributed by atoms with Crippen molar-refractivity contribution < 1.29 is 19.1 Å². The summed E-state index contributed by atoms with van der Waals surface area (Å²) in [5.41, 5.74) is 4.05. The van der Waals surface area contributed by atoms with Gasteiger partial charge in [-0.2, -0.15) is 0 Å². The molecule has 0 N–H and O–H groups in total. The maximum absolute atomic E-state index is 13.0. The third-order valence-corrected chi connectivity index (χ3v) is 6.65. The summed E-state index contributed by atoms with van der Waals surface area (Å²) < 4.78 is 5.14. The zero-order valence-electron chi connectivity index (χ0n) is 20.2. The Bertz CT molecular complexity index is 1010. The second-order valence-electron chi connectivity index (χ2n) is 9.46. The first-order valence-electron chi connectivity index (χ1n) is 12.3. The third-order valence-electron chi connectivity index (χ3n) is 6.65. The number of benzene rings is 2. The number of anilines is 1. The lowest BCUT2D eigenvalue weighted by Crippen LogP contribution is -2.43. The van der Waals surface area contributed by atoms with E-state index in [2.05, 4.69) is 31.2 Å². The van der Waals surface area contributed by atoms with Gasteiger partial charge in [0.1, 0.15) is 0 Å². The molecule has 180 valence electrons. The van der Waals surface area contributed by atoms with Gasteiger partial charge >= 0.3 is 5.97 Å². The predicted octanol–water partition coefficient (Wildman–Crippen LogP) is 4.28. The number of nitrogens with zero attached hydrogens (tertiary/aromatic N) is 2. The fraction of sp³-hybridized carbons (Fsp3) is 0.464. The molecule has 4 rings (SSSR count). The highest BCUT2D eigenvalue weighted by atomic mass is 16.5. The number of esters is 1. The number of amides is 2. The van der Waals surface area contributed by atoms with Crippen LogP contribution in [-0.4, -0.2) is 42.4 Å². The Morgan fingerprint density at radius 2 is 1.62 bits per heavy atom. The zero-order valence-corrected chi connectivity index (χ0v) is 20.2. The van der Waals surface area contributed by atoms with Gasteiger partial charge in [-0.25, -0.2) is 0 Å². The van der Waals surface area contributed by atoms with Gasteiger partial charge in [0.25, 0.3) is 0 Å². The molecule has 1 aliphatic heterocycles. The molecule has 34 heavy (non-hydrogen) atoms. The van der Waals surface area contributed by atoms with Gasteiger partial charge in [0, 0.05) is 24.7 Å². The Morgan fingerprint density at radius 1 is 0.941 bits per heavy atom. The number of ether oxygens (including phenoxy) is 1. The fourth-order valence-electron chi connectivity index (χ4n) is 4.46. The van der Waals surface area contributed by atoms with Crippen LogP contribution < -0.4 is 4.90 Å². The number of carbonyl (C=O) groups is 3. The summed E-state index contributed by atoms with van der Waals surface area (Å²) in [6.07, 6.45) is 3.77. The molecule has 1 heterocycles. The van der Waals surface area contributed by atoms with E-state index in [4.69, 9.17) is 4.74 Å². The molecule has 2 fully saturated rings. The molecule has 0 radical (unpaired) electrons. The van der Waals surface area contributed by atoms with Crippen molar-refractivity contribution in [2.45, 2.75) is 52.5 Å². The van der Waals surface area contributed by atoms with Crippen LogP contribution in [0.25, 0.3) is 0 Å². The molecule has 2 aromatic rings. The van der Waals surface area contributed by atoms with Gasteiger partial charge in [-0.1, -0.05) is 42.0 Å². The molecule has 1 saturated heterocycles. The first-order valence-corrected chi connectivity index (χ1v) is 12.3. The summed E-state index contributed by atoms with van der Waals surface area (Å²) >= 11 is 0. The molecule has 0 aromatic heterocycles. The monoisotopic (exact) mass is 462 g/mol. The number of piperidine rings is 1. The summed E-state index contributed by atoms with van der Waals surface area (Å²) in [4.78, 5) is 41.6. The van der Waals surface area contributed by atoms with Gasteiger partial charge in [0.05, 0.1) is 25.5 Å². The van der Waals surface area contributed by atoms with Crippen LogP contribution in [0.1, 0.15) is 49.3 Å². The van der Waals surface area contributed by atoms with Crippen LogP contribution in [-0.2, 0) is 32.1 Å². The van der Waals surface area contributed by atoms with Crippen LogP contribution in [0, 0.1) is 18.8 Å². The van der Waals surface area contributed by atoms with Gasteiger partial charge in [-0.15, -0.1) is 0 Å². The van der Waals surface area contributed by atoms with Crippen molar-refractivity contribution in [1.82, 2.24) is 4.90 Å². The largest absolute Gasteiger partial charge is 0.466 e. The molecule has 1 saturated carbocycles. The highest BCUT2D eigenvalue weighted by molar-refractivity contribution is 5.96. The Morgan fingerprint density at radius 3 is 2.26 bits per heavy atom. The van der Waals surface area contributed by atoms with Crippen molar-refractivity contribution in [2.75, 3.05) is 24.6 Å². The van der Waals surface area contributed by atoms with E-state index < -0.39 is 0 Å². The second-order valence-corrected chi connectivity index (χ2v) is 9.46. The standard InChI is InChI=1S/C28H34N2O4/c1-3-34-28(33)24-5-4-16-29(19-24)26(31)17-21-10-14-25(15-11-21)30(27(32)23-12-13-23)18-22-8-6-20(2)7-9-22/h6-11,14-15,23-24H,3-5,12-13,16-19H2,1-2H3. The van der Waals surface area contributed by atoms with Crippen molar-refractivity contribution in [1.29, 1.82) is 0 Å². The van der Waals surface area contributed by atoms with E-state index in [1.165, 1.54) is 5.56 Å². The normalized spacial score (nSPS) is 17.8. The van der Waals surface area contributed by atoms with Gasteiger partial charge in [0.2, 0.25) is 11.8 Å². The number of aryl methyl sites for hydroxylation is 1. The SMILES string of the molecule is CCOC(=O)C1CCCN(C(=O)Cc2ccc(N(Cc3ccc(C)cc3)C(=O)C3CC3)cc2)C1. The van der Waals surface area contributed by atoms with Crippen LogP contribution in [0.2, 0.25) is 0 Å². The molecule has 2 amide bonds. The summed E-state index contributed by atoms with van der Waals surface area (Å²) in [7, 11) is 0. The van der Waals surface area contributed by atoms with Crippen molar-refractivity contribution in [3.63, 3.8) is 0 Å². The van der Waals surface area contributed by atoms with Crippen molar-refractivity contribution in [3.05, 3.63) is 65.2 Å². The second kappa shape index (κ2) is 10.9. The first kappa shape index (κ1) is 24.0. The van der Waals surface area contributed by atoms with Crippen molar-refractivity contribution >= 4 is 23.5 Å². The molecule has 0 spiro atoms. The topological polar surface area (TPSA) is 66.9 Å². The van der Waals surface area contributed by atoms with Gasteiger partial charge in [-0.3, -0.25) is 14.4 Å². The average molecular weight is 463 g/mol. The summed E-state index contributed by atoms with van der Waals surface area (Å²) in [6, 6.07) is 16.0. The number of rotatable bonds is 8. The molecule has 1 unspecified atom stereocenters. The number of carbonyl (C=O) groups excluding carboxylic acids is 3.